The predicted octanol–water partition coefficient (Wildman–Crippen LogP) is 13.1. The molecular weight excluding hydrogens is 783 g/mol. The van der Waals surface area contributed by atoms with Gasteiger partial charge in [0.05, 0.1) is 25.2 Å². The van der Waals surface area contributed by atoms with Gasteiger partial charge in [-0.25, -0.2) is 0 Å². The maximum absolute atomic E-state index is 13.5. The first-order chi connectivity index (χ1) is 30.8. The van der Waals surface area contributed by atoms with Crippen molar-refractivity contribution in [3.8, 4) is 0 Å². The highest BCUT2D eigenvalue weighted by Gasteiger charge is 2.44. The number of hydrogen-bond donors (Lipinski definition) is 0. The van der Waals surface area contributed by atoms with Crippen LogP contribution < -0.4 is 0 Å². The lowest BCUT2D eigenvalue weighted by atomic mass is 9.94. The average Bonchev–Trinajstić information content (AvgIpc) is 3.67. The minimum Gasteiger partial charge on any atom is -0.465 e. The van der Waals surface area contributed by atoms with Crippen LogP contribution >= 0.6 is 0 Å². The number of piperidine rings is 1. The third-order valence-electron chi connectivity index (χ3n) is 12.3. The number of ether oxygens (including phenoxy) is 3. The molecule has 2 heterocycles. The van der Waals surface area contributed by atoms with Crippen LogP contribution in [0.2, 0.25) is 0 Å². The Morgan fingerprint density at radius 1 is 0.635 bits per heavy atom. The second-order valence-electron chi connectivity index (χ2n) is 18.3. The molecule has 2 saturated heterocycles. The zero-order valence-corrected chi connectivity index (χ0v) is 41.3. The molecule has 2 aliphatic rings. The van der Waals surface area contributed by atoms with Crippen molar-refractivity contribution in [2.75, 3.05) is 67.1 Å². The number of unbranched alkanes of at least 4 members (excludes halogenated alkanes) is 11. The van der Waals surface area contributed by atoms with Gasteiger partial charge in [0.15, 0.2) is 5.79 Å². The molecule has 2 aliphatic heterocycles. The number of amides is 1. The fourth-order valence-electron chi connectivity index (χ4n) is 8.24. The molecule has 0 saturated carbocycles. The van der Waals surface area contributed by atoms with E-state index in [1.54, 1.807) is 0 Å². The van der Waals surface area contributed by atoms with Crippen LogP contribution in [0.25, 0.3) is 0 Å². The van der Waals surface area contributed by atoms with E-state index >= 15 is 0 Å². The maximum atomic E-state index is 13.5. The number of nitrogens with zero attached hydrogens (tertiary/aromatic N) is 3. The number of carbonyl (C=O) groups is 2. The molecule has 2 atom stereocenters. The predicted molar refractivity (Wildman–Crippen MR) is 267 cm³/mol. The minimum atomic E-state index is -0.612. The summed E-state index contributed by atoms with van der Waals surface area (Å²) in [5, 5.41) is 0. The van der Waals surface area contributed by atoms with Crippen molar-refractivity contribution in [3.05, 3.63) is 72.9 Å². The number of rotatable bonds is 38. The number of esters is 1. The van der Waals surface area contributed by atoms with Gasteiger partial charge in [-0.2, -0.15) is 0 Å². The van der Waals surface area contributed by atoms with E-state index in [9.17, 15) is 9.59 Å². The summed E-state index contributed by atoms with van der Waals surface area (Å²) in [4.78, 5) is 32.9. The minimum absolute atomic E-state index is 0.0206. The van der Waals surface area contributed by atoms with E-state index in [4.69, 9.17) is 14.2 Å². The molecule has 0 radical (unpaired) electrons. The Morgan fingerprint density at radius 2 is 1.13 bits per heavy atom. The molecule has 0 aromatic rings. The smallest absolute Gasteiger partial charge is 0.308 e. The number of likely N-dealkylation sites (N-methyl/N-ethyl adjacent to an activating group) is 2. The average molecular weight is 878 g/mol. The Hall–Kier alpha value is -2.78. The third kappa shape index (κ3) is 30.1. The lowest BCUT2D eigenvalue weighted by molar-refractivity contribution is -0.197. The van der Waals surface area contributed by atoms with Crippen molar-refractivity contribution in [2.45, 2.75) is 193 Å². The normalized spacial score (nSPS) is 17.6. The Kier molecular flexibility index (Phi) is 34.4. The molecule has 1 spiro atoms. The summed E-state index contributed by atoms with van der Waals surface area (Å²) in [6.07, 6.45) is 54.3. The number of carbonyl (C=O) groups excluding carboxylic acids is 2. The Balaban J connectivity index is 1.68. The second kappa shape index (κ2) is 38.5. The molecule has 0 aromatic carbocycles. The molecule has 2 fully saturated rings. The quantitative estimate of drug-likeness (QED) is 0.0347. The van der Waals surface area contributed by atoms with E-state index in [-0.39, 0.29) is 23.9 Å². The van der Waals surface area contributed by atoms with E-state index in [2.05, 4.69) is 118 Å². The Morgan fingerprint density at radius 3 is 1.65 bits per heavy atom. The fourth-order valence-corrected chi connectivity index (χ4v) is 8.24. The lowest BCUT2D eigenvalue weighted by Gasteiger charge is -2.38. The standard InChI is InChI=1S/C55H95N3O5/c1-6-8-10-12-14-16-18-20-22-24-26-28-30-32-34-36-39-51(38-35-33-31-29-27-25-23-21-19-17-15-13-11-9-7-2)54(60)61-49-41-52-50-62-55(63-52)42-45-58(46-43-55)53(59)40-37-44-57(5)48-47-56(3)4/h8-11,14-17,20-23,51-52H,6-7,12-13,18-19,24-50H2,1-5H3/b10-8-,11-9-,16-14-,17-15-,22-20-,23-21-. The van der Waals surface area contributed by atoms with Crippen molar-refractivity contribution in [1.82, 2.24) is 14.7 Å². The summed E-state index contributed by atoms with van der Waals surface area (Å²) in [6, 6.07) is 0. The van der Waals surface area contributed by atoms with Gasteiger partial charge in [-0.05, 0) is 111 Å². The van der Waals surface area contributed by atoms with Gasteiger partial charge in [-0.3, -0.25) is 9.59 Å². The van der Waals surface area contributed by atoms with Gasteiger partial charge in [-0.15, -0.1) is 0 Å². The monoisotopic (exact) mass is 878 g/mol. The molecule has 63 heavy (non-hydrogen) atoms. The summed E-state index contributed by atoms with van der Waals surface area (Å²) in [7, 11) is 6.30. The van der Waals surface area contributed by atoms with Crippen molar-refractivity contribution in [3.63, 3.8) is 0 Å². The number of likely N-dealkylation sites (tertiary alicyclic amines) is 1. The van der Waals surface area contributed by atoms with Gasteiger partial charge in [0.2, 0.25) is 5.91 Å². The van der Waals surface area contributed by atoms with Gasteiger partial charge in [0.25, 0.3) is 0 Å². The molecule has 1 amide bonds. The first-order valence-corrected chi connectivity index (χ1v) is 25.8. The van der Waals surface area contributed by atoms with E-state index in [1.807, 2.05) is 4.90 Å². The second-order valence-corrected chi connectivity index (χ2v) is 18.3. The molecule has 0 aromatic heterocycles. The van der Waals surface area contributed by atoms with Gasteiger partial charge in [-0.1, -0.05) is 145 Å². The summed E-state index contributed by atoms with van der Waals surface area (Å²) in [6.45, 7) is 9.52. The lowest BCUT2D eigenvalue weighted by Crippen LogP contribution is -2.47. The fraction of sp³-hybridized carbons (Fsp3) is 0.745. The first kappa shape index (κ1) is 56.3. The highest BCUT2D eigenvalue weighted by Crippen LogP contribution is 2.35. The van der Waals surface area contributed by atoms with Gasteiger partial charge < -0.3 is 28.9 Å². The van der Waals surface area contributed by atoms with Gasteiger partial charge in [0.1, 0.15) is 0 Å². The van der Waals surface area contributed by atoms with Crippen LogP contribution in [0.15, 0.2) is 72.9 Å². The largest absolute Gasteiger partial charge is 0.465 e. The molecule has 0 aliphatic carbocycles. The third-order valence-corrected chi connectivity index (χ3v) is 12.3. The molecule has 2 unspecified atom stereocenters. The van der Waals surface area contributed by atoms with E-state index in [0.717, 1.165) is 103 Å². The number of hydrogen-bond acceptors (Lipinski definition) is 7. The van der Waals surface area contributed by atoms with Gasteiger partial charge >= 0.3 is 5.97 Å². The zero-order chi connectivity index (χ0) is 45.5. The van der Waals surface area contributed by atoms with Crippen LogP contribution in [0.1, 0.15) is 181 Å². The summed E-state index contributed by atoms with van der Waals surface area (Å²) < 4.78 is 18.7. The number of allylic oxidation sites excluding steroid dienone is 12. The van der Waals surface area contributed by atoms with Gasteiger partial charge in [0, 0.05) is 51.9 Å². The van der Waals surface area contributed by atoms with E-state index < -0.39 is 5.79 Å². The Bertz CT molecular complexity index is 1310. The highest BCUT2D eigenvalue weighted by atomic mass is 16.7. The molecule has 0 bridgehead atoms. The van der Waals surface area contributed by atoms with Crippen LogP contribution in [0.4, 0.5) is 0 Å². The van der Waals surface area contributed by atoms with Crippen molar-refractivity contribution < 1.29 is 23.8 Å². The molecule has 8 nitrogen and oxygen atoms in total. The van der Waals surface area contributed by atoms with Crippen LogP contribution in [0, 0.1) is 5.92 Å². The topological polar surface area (TPSA) is 71.6 Å². The molecule has 360 valence electrons. The SMILES string of the molecule is CC/C=C\C/C=C\C/C=C\CCCCCCCCC(CCCCCCC/C=C\C/C=C\C/C=C\CC)C(=O)OCCC1COC2(CCN(C(=O)CCCN(C)CCN(C)C)CC2)O1. The van der Waals surface area contributed by atoms with Crippen LogP contribution in [-0.2, 0) is 23.8 Å². The van der Waals surface area contributed by atoms with Crippen molar-refractivity contribution >= 4 is 11.9 Å². The highest BCUT2D eigenvalue weighted by molar-refractivity contribution is 5.76. The molecule has 8 heteroatoms. The summed E-state index contributed by atoms with van der Waals surface area (Å²) >= 11 is 0. The van der Waals surface area contributed by atoms with Crippen LogP contribution in [0.3, 0.4) is 0 Å². The van der Waals surface area contributed by atoms with E-state index in [1.165, 1.54) is 57.8 Å². The molecule has 2 rings (SSSR count). The summed E-state index contributed by atoms with van der Waals surface area (Å²) in [5.41, 5.74) is 0. The molecule has 0 N–H and O–H groups in total. The Labute approximate surface area is 387 Å². The first-order valence-electron chi connectivity index (χ1n) is 25.8. The van der Waals surface area contributed by atoms with E-state index in [0.29, 0.717) is 52.0 Å². The van der Waals surface area contributed by atoms with Crippen molar-refractivity contribution in [2.24, 2.45) is 5.92 Å². The maximum Gasteiger partial charge on any atom is 0.308 e. The molecular formula is C55H95N3O5. The summed E-state index contributed by atoms with van der Waals surface area (Å²) in [5.74, 6) is -0.430. The van der Waals surface area contributed by atoms with Crippen molar-refractivity contribution in [1.29, 1.82) is 0 Å². The van der Waals surface area contributed by atoms with Crippen LogP contribution in [0.5, 0.6) is 0 Å². The van der Waals surface area contributed by atoms with Crippen LogP contribution in [-0.4, -0.2) is 106 Å². The zero-order valence-electron chi connectivity index (χ0n) is 41.3.